The van der Waals surface area contributed by atoms with E-state index in [0.29, 0.717) is 0 Å². The fourth-order valence-corrected chi connectivity index (χ4v) is 2.86. The lowest BCUT2D eigenvalue weighted by atomic mass is 10.1. The molecular formula is C19H27IN4O. The van der Waals surface area contributed by atoms with E-state index in [0.717, 1.165) is 57.3 Å². The first kappa shape index (κ1) is 19.6. The maximum atomic E-state index is 5.55. The zero-order valence-corrected chi connectivity index (χ0v) is 17.0. The normalized spacial score (nSPS) is 12.9. The van der Waals surface area contributed by atoms with Crippen LogP contribution in [0.1, 0.15) is 18.1 Å². The number of aliphatic imine (C=N–C) groups is 1. The van der Waals surface area contributed by atoms with Crippen LogP contribution in [0.5, 0.6) is 5.75 Å². The highest BCUT2D eigenvalue weighted by Gasteiger charge is 2.11. The Morgan fingerprint density at radius 2 is 2.08 bits per heavy atom. The predicted octanol–water partition coefficient (Wildman–Crippen LogP) is 2.84. The molecule has 0 atom stereocenters. The third-order valence-corrected chi connectivity index (χ3v) is 4.10. The number of halogens is 1. The molecular weight excluding hydrogens is 427 g/mol. The van der Waals surface area contributed by atoms with E-state index in [-0.39, 0.29) is 24.0 Å². The summed E-state index contributed by atoms with van der Waals surface area (Å²) in [5, 5.41) is 6.69. The number of ether oxygens (including phenoxy) is 1. The second kappa shape index (κ2) is 10.3. The van der Waals surface area contributed by atoms with Crippen LogP contribution in [0, 0.1) is 0 Å². The highest BCUT2D eigenvalue weighted by molar-refractivity contribution is 14.0. The van der Waals surface area contributed by atoms with Crippen LogP contribution in [0.2, 0.25) is 0 Å². The Hall–Kier alpha value is -1.70. The van der Waals surface area contributed by atoms with Gasteiger partial charge in [-0.25, -0.2) is 0 Å². The third kappa shape index (κ3) is 5.95. The van der Waals surface area contributed by atoms with Gasteiger partial charge in [-0.15, -0.1) is 24.0 Å². The molecule has 0 saturated carbocycles. The first-order valence-corrected chi connectivity index (χ1v) is 8.72. The summed E-state index contributed by atoms with van der Waals surface area (Å²) in [6.45, 7) is 6.33. The molecule has 1 aliphatic heterocycles. The molecule has 136 valence electrons. The number of hydrogen-bond acceptors (Lipinski definition) is 2. The summed E-state index contributed by atoms with van der Waals surface area (Å²) in [6, 6.07) is 10.6. The van der Waals surface area contributed by atoms with Crippen molar-refractivity contribution >= 4 is 29.9 Å². The lowest BCUT2D eigenvalue weighted by molar-refractivity contribution is 0.357. The first-order chi connectivity index (χ1) is 11.8. The van der Waals surface area contributed by atoms with Crippen LogP contribution in [-0.4, -0.2) is 36.8 Å². The molecule has 0 unspecified atom stereocenters. The number of benzene rings is 1. The molecule has 2 N–H and O–H groups in total. The van der Waals surface area contributed by atoms with Gasteiger partial charge in [0.25, 0.3) is 0 Å². The summed E-state index contributed by atoms with van der Waals surface area (Å²) in [4.78, 5) is 4.68. The second-order valence-corrected chi connectivity index (χ2v) is 5.90. The Balaban J connectivity index is 0.00000225. The Kier molecular flexibility index (Phi) is 8.11. The van der Waals surface area contributed by atoms with Crippen LogP contribution in [-0.2, 0) is 19.4 Å². The van der Waals surface area contributed by atoms with Gasteiger partial charge in [-0.1, -0.05) is 12.1 Å². The van der Waals surface area contributed by atoms with Crippen molar-refractivity contribution in [3.8, 4) is 5.75 Å². The van der Waals surface area contributed by atoms with Gasteiger partial charge in [0.1, 0.15) is 5.75 Å². The van der Waals surface area contributed by atoms with Crippen LogP contribution in [0.25, 0.3) is 0 Å². The highest BCUT2D eigenvalue weighted by Crippen LogP contribution is 2.25. The van der Waals surface area contributed by atoms with Crippen molar-refractivity contribution in [2.45, 2.75) is 26.3 Å². The van der Waals surface area contributed by atoms with Gasteiger partial charge < -0.3 is 19.9 Å². The Bertz CT molecular complexity index is 670. The topological polar surface area (TPSA) is 50.6 Å². The van der Waals surface area contributed by atoms with E-state index in [4.69, 9.17) is 4.74 Å². The maximum absolute atomic E-state index is 5.55. The van der Waals surface area contributed by atoms with Crippen molar-refractivity contribution in [2.75, 3.05) is 26.2 Å². The second-order valence-electron chi connectivity index (χ2n) is 5.90. The van der Waals surface area contributed by atoms with Gasteiger partial charge in [-0.05, 0) is 42.7 Å². The largest absolute Gasteiger partial charge is 0.493 e. The zero-order valence-electron chi connectivity index (χ0n) is 14.7. The SMILES string of the molecule is CCNC(=NCCc1ccc2c(c1)CCO2)NCCn1cccc1.I. The van der Waals surface area contributed by atoms with E-state index < -0.39 is 0 Å². The number of aromatic nitrogens is 1. The van der Waals surface area contributed by atoms with E-state index in [2.05, 4.69) is 57.7 Å². The Labute approximate surface area is 166 Å². The Morgan fingerprint density at radius 3 is 2.88 bits per heavy atom. The minimum absolute atomic E-state index is 0. The van der Waals surface area contributed by atoms with Crippen LogP contribution < -0.4 is 15.4 Å². The van der Waals surface area contributed by atoms with Crippen LogP contribution in [0.15, 0.2) is 47.7 Å². The van der Waals surface area contributed by atoms with Gasteiger partial charge >= 0.3 is 0 Å². The quantitative estimate of drug-likeness (QED) is 0.385. The molecule has 6 heteroatoms. The van der Waals surface area contributed by atoms with E-state index >= 15 is 0 Å². The molecule has 25 heavy (non-hydrogen) atoms. The average molecular weight is 454 g/mol. The van der Waals surface area contributed by atoms with Gasteiger partial charge in [0.05, 0.1) is 6.61 Å². The number of nitrogens with zero attached hydrogens (tertiary/aromatic N) is 2. The molecule has 3 rings (SSSR count). The molecule has 0 saturated heterocycles. The van der Waals surface area contributed by atoms with Gasteiger partial charge in [0, 0.05) is 45.0 Å². The van der Waals surface area contributed by atoms with Crippen molar-refractivity contribution in [3.05, 3.63) is 53.9 Å². The molecule has 2 aromatic rings. The summed E-state index contributed by atoms with van der Waals surface area (Å²) in [7, 11) is 0. The molecule has 0 amide bonds. The minimum Gasteiger partial charge on any atom is -0.493 e. The highest BCUT2D eigenvalue weighted by atomic mass is 127. The molecule has 0 fully saturated rings. The van der Waals surface area contributed by atoms with Crippen molar-refractivity contribution in [2.24, 2.45) is 4.99 Å². The molecule has 0 spiro atoms. The number of guanidine groups is 1. The molecule has 1 aromatic carbocycles. The zero-order chi connectivity index (χ0) is 16.6. The molecule has 5 nitrogen and oxygen atoms in total. The van der Waals surface area contributed by atoms with E-state index in [9.17, 15) is 0 Å². The standard InChI is InChI=1S/C19H26N4O.HI/c1-2-20-19(22-10-13-23-11-3-4-12-23)21-9-7-16-5-6-18-17(15-16)8-14-24-18;/h3-6,11-12,15H,2,7-10,13-14H2,1H3,(H2,20,21,22);1H. The van der Waals surface area contributed by atoms with Gasteiger partial charge in [-0.3, -0.25) is 4.99 Å². The van der Waals surface area contributed by atoms with E-state index in [1.165, 1.54) is 11.1 Å². The maximum Gasteiger partial charge on any atom is 0.191 e. The van der Waals surface area contributed by atoms with Crippen molar-refractivity contribution in [1.29, 1.82) is 0 Å². The van der Waals surface area contributed by atoms with Crippen molar-refractivity contribution in [1.82, 2.24) is 15.2 Å². The van der Waals surface area contributed by atoms with Gasteiger partial charge in [-0.2, -0.15) is 0 Å². The minimum atomic E-state index is 0. The number of hydrogen-bond donors (Lipinski definition) is 2. The number of rotatable bonds is 7. The first-order valence-electron chi connectivity index (χ1n) is 8.72. The molecule has 0 bridgehead atoms. The fourth-order valence-electron chi connectivity index (χ4n) is 2.86. The van der Waals surface area contributed by atoms with Gasteiger partial charge in [0.2, 0.25) is 0 Å². The van der Waals surface area contributed by atoms with Crippen molar-refractivity contribution in [3.63, 3.8) is 0 Å². The van der Waals surface area contributed by atoms with E-state index in [1.54, 1.807) is 0 Å². The van der Waals surface area contributed by atoms with E-state index in [1.807, 2.05) is 12.1 Å². The number of nitrogens with one attached hydrogen (secondary N) is 2. The summed E-state index contributed by atoms with van der Waals surface area (Å²) < 4.78 is 7.71. The molecule has 1 aliphatic rings. The van der Waals surface area contributed by atoms with Crippen LogP contribution >= 0.6 is 24.0 Å². The molecule has 0 aliphatic carbocycles. The Morgan fingerprint density at radius 1 is 1.24 bits per heavy atom. The summed E-state index contributed by atoms with van der Waals surface area (Å²) in [5.74, 6) is 1.93. The van der Waals surface area contributed by atoms with Crippen molar-refractivity contribution < 1.29 is 4.74 Å². The average Bonchev–Trinajstić information content (AvgIpc) is 3.25. The predicted molar refractivity (Wildman–Crippen MR) is 113 cm³/mol. The number of fused-ring (bicyclic) bond motifs is 1. The lowest BCUT2D eigenvalue weighted by Gasteiger charge is -2.12. The summed E-state index contributed by atoms with van der Waals surface area (Å²) in [5.41, 5.74) is 2.65. The molecule has 0 radical (unpaired) electrons. The fraction of sp³-hybridized carbons (Fsp3) is 0.421. The van der Waals surface area contributed by atoms with Crippen LogP contribution in [0.4, 0.5) is 0 Å². The smallest absolute Gasteiger partial charge is 0.191 e. The van der Waals surface area contributed by atoms with Crippen LogP contribution in [0.3, 0.4) is 0 Å². The molecule has 2 heterocycles. The third-order valence-electron chi connectivity index (χ3n) is 4.10. The monoisotopic (exact) mass is 454 g/mol. The molecule has 1 aromatic heterocycles. The summed E-state index contributed by atoms with van der Waals surface area (Å²) in [6.07, 6.45) is 6.12. The summed E-state index contributed by atoms with van der Waals surface area (Å²) >= 11 is 0. The lowest BCUT2D eigenvalue weighted by Crippen LogP contribution is -2.39. The van der Waals surface area contributed by atoms with Gasteiger partial charge in [0.15, 0.2) is 5.96 Å².